The molecule has 162 valence electrons. The lowest BCUT2D eigenvalue weighted by atomic mass is 9.80. The number of pyridine rings is 2. The molecule has 0 saturated heterocycles. The summed E-state index contributed by atoms with van der Waals surface area (Å²) in [6, 6.07) is 22.6. The number of fused-ring (bicyclic) bond motifs is 1. The van der Waals surface area contributed by atoms with Crippen LogP contribution in [0.3, 0.4) is 0 Å². The van der Waals surface area contributed by atoms with E-state index in [1.807, 2.05) is 58.8 Å². The molecule has 5 rings (SSSR count). The van der Waals surface area contributed by atoms with Gasteiger partial charge < -0.3 is 4.90 Å². The smallest absolute Gasteiger partial charge is 0.273 e. The largest absolute Gasteiger partial charge is 0.328 e. The van der Waals surface area contributed by atoms with E-state index in [-0.39, 0.29) is 11.9 Å². The van der Waals surface area contributed by atoms with Crippen LogP contribution in [-0.4, -0.2) is 31.2 Å². The van der Waals surface area contributed by atoms with E-state index in [0.29, 0.717) is 18.2 Å². The Hall–Kier alpha value is -3.47. The third-order valence-electron chi connectivity index (χ3n) is 6.58. The maximum atomic E-state index is 14.0. The van der Waals surface area contributed by atoms with E-state index in [0.717, 1.165) is 36.3 Å². The second kappa shape index (κ2) is 8.95. The van der Waals surface area contributed by atoms with E-state index < -0.39 is 0 Å². The highest BCUT2D eigenvalue weighted by atomic mass is 16.2. The molecule has 0 aliphatic heterocycles. The second-order valence-corrected chi connectivity index (χ2v) is 8.66. The zero-order valence-corrected chi connectivity index (χ0v) is 18.4. The lowest BCUT2D eigenvalue weighted by Gasteiger charge is -2.37. The molecule has 32 heavy (non-hydrogen) atoms. The molecule has 0 spiro atoms. The Morgan fingerprint density at radius 2 is 1.84 bits per heavy atom. The van der Waals surface area contributed by atoms with Crippen molar-refractivity contribution in [3.63, 3.8) is 0 Å². The highest BCUT2D eigenvalue weighted by Gasteiger charge is 2.33. The predicted octanol–water partition coefficient (Wildman–Crippen LogP) is 5.41. The maximum Gasteiger partial charge on any atom is 0.273 e. The molecule has 0 N–H and O–H groups in total. The van der Waals surface area contributed by atoms with Crippen molar-refractivity contribution in [3.8, 4) is 0 Å². The van der Waals surface area contributed by atoms with Crippen LogP contribution < -0.4 is 0 Å². The SMILES string of the molecule is Cc1nc2ccccn2c1C(=O)N(Cc1ccccn1)C1CCCC(c2ccccc2)C1. The quantitative estimate of drug-likeness (QED) is 0.431. The first-order valence-electron chi connectivity index (χ1n) is 11.4. The summed E-state index contributed by atoms with van der Waals surface area (Å²) in [4.78, 5) is 25.2. The fourth-order valence-corrected chi connectivity index (χ4v) is 5.02. The summed E-state index contributed by atoms with van der Waals surface area (Å²) in [5.41, 5.74) is 4.50. The number of carbonyl (C=O) groups is 1. The van der Waals surface area contributed by atoms with Crippen LogP contribution in [0.5, 0.6) is 0 Å². The molecule has 1 aliphatic rings. The molecular formula is C27H28N4O. The Morgan fingerprint density at radius 3 is 2.66 bits per heavy atom. The normalized spacial score (nSPS) is 18.5. The molecule has 5 heteroatoms. The van der Waals surface area contributed by atoms with Gasteiger partial charge in [-0.3, -0.25) is 14.2 Å². The number of amides is 1. The fraction of sp³-hybridized carbons (Fsp3) is 0.296. The first-order chi connectivity index (χ1) is 15.7. The summed E-state index contributed by atoms with van der Waals surface area (Å²) < 4.78 is 1.92. The van der Waals surface area contributed by atoms with Gasteiger partial charge in [0.2, 0.25) is 0 Å². The number of hydrogen-bond acceptors (Lipinski definition) is 3. The van der Waals surface area contributed by atoms with Gasteiger partial charge in [-0.15, -0.1) is 0 Å². The molecule has 0 bridgehead atoms. The highest BCUT2D eigenvalue weighted by Crippen LogP contribution is 2.36. The molecule has 4 aromatic rings. The Kier molecular flexibility index (Phi) is 5.71. The summed E-state index contributed by atoms with van der Waals surface area (Å²) in [5.74, 6) is 0.503. The van der Waals surface area contributed by atoms with Crippen LogP contribution in [0.15, 0.2) is 79.1 Å². The number of aromatic nitrogens is 3. The van der Waals surface area contributed by atoms with Gasteiger partial charge in [0.1, 0.15) is 11.3 Å². The zero-order valence-electron chi connectivity index (χ0n) is 18.4. The summed E-state index contributed by atoms with van der Waals surface area (Å²) in [5, 5.41) is 0. The summed E-state index contributed by atoms with van der Waals surface area (Å²) in [6.07, 6.45) is 7.99. The molecule has 1 aliphatic carbocycles. The van der Waals surface area contributed by atoms with Crippen LogP contribution in [0.4, 0.5) is 0 Å². The maximum absolute atomic E-state index is 14.0. The molecule has 1 fully saturated rings. The molecule has 5 nitrogen and oxygen atoms in total. The number of aryl methyl sites for hydroxylation is 1. The molecule has 1 amide bonds. The Labute approximate surface area is 188 Å². The van der Waals surface area contributed by atoms with E-state index in [9.17, 15) is 4.79 Å². The van der Waals surface area contributed by atoms with Crippen molar-refractivity contribution < 1.29 is 4.79 Å². The van der Waals surface area contributed by atoms with E-state index in [4.69, 9.17) is 0 Å². The van der Waals surface area contributed by atoms with E-state index >= 15 is 0 Å². The van der Waals surface area contributed by atoms with Crippen molar-refractivity contribution in [2.75, 3.05) is 0 Å². The minimum Gasteiger partial charge on any atom is -0.328 e. The molecular weight excluding hydrogens is 396 g/mol. The van der Waals surface area contributed by atoms with Crippen molar-refractivity contribution in [3.05, 3.63) is 102 Å². The third-order valence-corrected chi connectivity index (χ3v) is 6.58. The minimum absolute atomic E-state index is 0.0329. The van der Waals surface area contributed by atoms with Gasteiger partial charge in [0.15, 0.2) is 0 Å². The van der Waals surface area contributed by atoms with Crippen LogP contribution >= 0.6 is 0 Å². The van der Waals surface area contributed by atoms with E-state index in [2.05, 4.69) is 40.3 Å². The Bertz CT molecular complexity index is 1200. The first-order valence-corrected chi connectivity index (χ1v) is 11.4. The number of nitrogens with zero attached hydrogens (tertiary/aromatic N) is 4. The second-order valence-electron chi connectivity index (χ2n) is 8.66. The number of rotatable bonds is 5. The number of imidazole rings is 1. The lowest BCUT2D eigenvalue weighted by molar-refractivity contribution is 0.0590. The number of hydrogen-bond donors (Lipinski definition) is 0. The lowest BCUT2D eigenvalue weighted by Crippen LogP contribution is -2.43. The minimum atomic E-state index is 0.0329. The van der Waals surface area contributed by atoms with Crippen molar-refractivity contribution >= 4 is 11.6 Å². The van der Waals surface area contributed by atoms with Crippen molar-refractivity contribution in [2.24, 2.45) is 0 Å². The Balaban J connectivity index is 1.50. The van der Waals surface area contributed by atoms with Crippen molar-refractivity contribution in [1.29, 1.82) is 0 Å². The zero-order chi connectivity index (χ0) is 21.9. The molecule has 2 atom stereocenters. The first kappa shape index (κ1) is 20.4. The average Bonchev–Trinajstić information content (AvgIpc) is 3.19. The van der Waals surface area contributed by atoms with Gasteiger partial charge in [0, 0.05) is 18.4 Å². The summed E-state index contributed by atoms with van der Waals surface area (Å²) in [7, 11) is 0. The van der Waals surface area contributed by atoms with Crippen LogP contribution in [0, 0.1) is 6.92 Å². The molecule has 1 saturated carbocycles. The van der Waals surface area contributed by atoms with E-state index in [1.54, 1.807) is 6.20 Å². The van der Waals surface area contributed by atoms with Gasteiger partial charge in [0.05, 0.1) is 17.9 Å². The number of carbonyl (C=O) groups excluding carboxylic acids is 1. The predicted molar refractivity (Wildman–Crippen MR) is 125 cm³/mol. The third kappa shape index (κ3) is 4.03. The molecule has 2 unspecified atom stereocenters. The average molecular weight is 425 g/mol. The van der Waals surface area contributed by atoms with Gasteiger partial charge in [-0.05, 0) is 61.9 Å². The standard InChI is InChI=1S/C27H28N4O/c1-20-26(30-17-8-6-15-25(30)29-20)27(32)31(19-23-13-5-7-16-28-23)24-14-9-12-22(18-24)21-10-3-2-4-11-21/h2-8,10-11,13,15-17,22,24H,9,12,14,18-19H2,1H3. The van der Waals surface area contributed by atoms with Gasteiger partial charge in [-0.2, -0.15) is 0 Å². The van der Waals surface area contributed by atoms with Crippen molar-refractivity contribution in [2.45, 2.75) is 51.1 Å². The highest BCUT2D eigenvalue weighted by molar-refractivity contribution is 5.95. The molecule has 3 aromatic heterocycles. The van der Waals surface area contributed by atoms with Crippen LogP contribution in [0.25, 0.3) is 5.65 Å². The Morgan fingerprint density at radius 1 is 1.03 bits per heavy atom. The molecule has 3 heterocycles. The summed E-state index contributed by atoms with van der Waals surface area (Å²) >= 11 is 0. The number of benzene rings is 1. The van der Waals surface area contributed by atoms with Crippen LogP contribution in [0.1, 0.15) is 59.0 Å². The molecule has 0 radical (unpaired) electrons. The topological polar surface area (TPSA) is 50.5 Å². The van der Waals surface area contributed by atoms with Crippen LogP contribution in [-0.2, 0) is 6.54 Å². The molecule has 1 aromatic carbocycles. The van der Waals surface area contributed by atoms with Gasteiger partial charge in [0.25, 0.3) is 5.91 Å². The van der Waals surface area contributed by atoms with Gasteiger partial charge >= 0.3 is 0 Å². The van der Waals surface area contributed by atoms with Gasteiger partial charge in [-0.1, -0.05) is 48.9 Å². The fourth-order valence-electron chi connectivity index (χ4n) is 5.02. The monoisotopic (exact) mass is 424 g/mol. The van der Waals surface area contributed by atoms with E-state index in [1.165, 1.54) is 12.0 Å². The van der Waals surface area contributed by atoms with Crippen LogP contribution in [0.2, 0.25) is 0 Å². The summed E-state index contributed by atoms with van der Waals surface area (Å²) in [6.45, 7) is 2.43. The van der Waals surface area contributed by atoms with Gasteiger partial charge in [-0.25, -0.2) is 4.98 Å². The van der Waals surface area contributed by atoms with Crippen molar-refractivity contribution in [1.82, 2.24) is 19.3 Å².